The van der Waals surface area contributed by atoms with Crippen molar-refractivity contribution in [1.82, 2.24) is 25.5 Å². The number of nitrogens with one attached hydrogen (secondary N) is 1. The molecule has 0 aliphatic rings. The standard InChI is InChI=1S/C10H21N5S/c1-4-5-8-16-10-12-13-14-15(10)7-6-11-9(2)3/h9,11H,4-8H2,1-3H3. The molecule has 0 aromatic carbocycles. The van der Waals surface area contributed by atoms with Gasteiger partial charge in [0, 0.05) is 18.3 Å². The SMILES string of the molecule is CCCCSc1nnnn1CCNC(C)C. The summed E-state index contributed by atoms with van der Waals surface area (Å²) in [6.07, 6.45) is 2.42. The van der Waals surface area contributed by atoms with Crippen LogP contribution >= 0.6 is 11.8 Å². The monoisotopic (exact) mass is 243 g/mol. The highest BCUT2D eigenvalue weighted by molar-refractivity contribution is 7.99. The van der Waals surface area contributed by atoms with Gasteiger partial charge in [-0.1, -0.05) is 39.0 Å². The minimum absolute atomic E-state index is 0.507. The predicted octanol–water partition coefficient (Wildman–Crippen LogP) is 1.56. The molecule has 0 spiro atoms. The summed E-state index contributed by atoms with van der Waals surface area (Å²) < 4.78 is 1.87. The van der Waals surface area contributed by atoms with Crippen LogP contribution in [-0.2, 0) is 6.54 Å². The fourth-order valence-corrected chi connectivity index (χ4v) is 2.19. The summed E-state index contributed by atoms with van der Waals surface area (Å²) in [5.74, 6) is 1.09. The van der Waals surface area contributed by atoms with Crippen LogP contribution in [0.3, 0.4) is 0 Å². The van der Waals surface area contributed by atoms with Crippen LogP contribution in [0.5, 0.6) is 0 Å². The zero-order chi connectivity index (χ0) is 11.8. The molecule has 0 aliphatic heterocycles. The molecule has 0 saturated carbocycles. The fourth-order valence-electron chi connectivity index (χ4n) is 1.21. The minimum Gasteiger partial charge on any atom is -0.313 e. The van der Waals surface area contributed by atoms with E-state index < -0.39 is 0 Å². The first-order chi connectivity index (χ1) is 7.74. The van der Waals surface area contributed by atoms with E-state index in [2.05, 4.69) is 41.6 Å². The van der Waals surface area contributed by atoms with Gasteiger partial charge in [-0.15, -0.1) is 5.10 Å². The Kier molecular flexibility index (Phi) is 6.40. The molecule has 6 heteroatoms. The van der Waals surface area contributed by atoms with E-state index in [0.717, 1.165) is 24.0 Å². The van der Waals surface area contributed by atoms with Gasteiger partial charge in [0.05, 0.1) is 6.54 Å². The zero-order valence-corrected chi connectivity index (χ0v) is 11.1. The highest BCUT2D eigenvalue weighted by atomic mass is 32.2. The maximum atomic E-state index is 4.02. The summed E-state index contributed by atoms with van der Waals surface area (Å²) in [5, 5.41) is 16.0. The first-order valence-electron chi connectivity index (χ1n) is 5.86. The van der Waals surface area contributed by atoms with E-state index in [1.807, 2.05) is 4.68 Å². The molecule has 1 N–H and O–H groups in total. The molecule has 0 unspecified atom stereocenters. The molecule has 1 heterocycles. The van der Waals surface area contributed by atoms with E-state index >= 15 is 0 Å². The van der Waals surface area contributed by atoms with E-state index in [1.54, 1.807) is 11.8 Å². The van der Waals surface area contributed by atoms with Gasteiger partial charge < -0.3 is 5.32 Å². The van der Waals surface area contributed by atoms with Crippen LogP contribution in [0.4, 0.5) is 0 Å². The summed E-state index contributed by atoms with van der Waals surface area (Å²) in [6, 6.07) is 0.507. The molecule has 16 heavy (non-hydrogen) atoms. The zero-order valence-electron chi connectivity index (χ0n) is 10.3. The maximum absolute atomic E-state index is 4.02. The number of rotatable bonds is 8. The Balaban J connectivity index is 2.32. The molecule has 1 aromatic heterocycles. The lowest BCUT2D eigenvalue weighted by Gasteiger charge is -2.08. The minimum atomic E-state index is 0.507. The van der Waals surface area contributed by atoms with Crippen LogP contribution in [0.2, 0.25) is 0 Å². The Morgan fingerprint density at radius 2 is 2.25 bits per heavy atom. The van der Waals surface area contributed by atoms with E-state index in [4.69, 9.17) is 0 Å². The van der Waals surface area contributed by atoms with Gasteiger partial charge in [0.15, 0.2) is 0 Å². The highest BCUT2D eigenvalue weighted by Gasteiger charge is 2.05. The second-order valence-electron chi connectivity index (χ2n) is 4.00. The van der Waals surface area contributed by atoms with Crippen LogP contribution in [0, 0.1) is 0 Å². The van der Waals surface area contributed by atoms with Crippen molar-refractivity contribution < 1.29 is 0 Å². The predicted molar refractivity (Wildman–Crippen MR) is 66.6 cm³/mol. The molecular formula is C10H21N5S. The molecule has 0 saturated heterocycles. The van der Waals surface area contributed by atoms with Gasteiger partial charge >= 0.3 is 0 Å². The molecule has 0 bridgehead atoms. The Morgan fingerprint density at radius 1 is 1.44 bits per heavy atom. The molecule has 92 valence electrons. The van der Waals surface area contributed by atoms with Crippen LogP contribution in [-0.4, -0.2) is 38.5 Å². The molecule has 1 rings (SSSR count). The number of hydrogen-bond acceptors (Lipinski definition) is 5. The van der Waals surface area contributed by atoms with Crippen molar-refractivity contribution in [1.29, 1.82) is 0 Å². The molecule has 0 aliphatic carbocycles. The summed E-state index contributed by atoms with van der Waals surface area (Å²) in [7, 11) is 0. The van der Waals surface area contributed by atoms with E-state index in [9.17, 15) is 0 Å². The van der Waals surface area contributed by atoms with Crippen molar-refractivity contribution >= 4 is 11.8 Å². The summed E-state index contributed by atoms with van der Waals surface area (Å²) >= 11 is 1.74. The third-order valence-electron chi connectivity index (χ3n) is 2.10. The van der Waals surface area contributed by atoms with Crippen molar-refractivity contribution in [2.24, 2.45) is 0 Å². The lowest BCUT2D eigenvalue weighted by molar-refractivity contribution is 0.485. The van der Waals surface area contributed by atoms with E-state index in [0.29, 0.717) is 6.04 Å². The van der Waals surface area contributed by atoms with Gasteiger partial charge in [-0.05, 0) is 16.8 Å². The Hall–Kier alpha value is -0.620. The average molecular weight is 243 g/mol. The Bertz CT molecular complexity index is 286. The summed E-state index contributed by atoms with van der Waals surface area (Å²) in [5.41, 5.74) is 0. The first-order valence-corrected chi connectivity index (χ1v) is 6.85. The second kappa shape index (κ2) is 7.62. The molecule has 0 radical (unpaired) electrons. The Morgan fingerprint density at radius 3 is 2.94 bits per heavy atom. The van der Waals surface area contributed by atoms with Crippen LogP contribution in [0.15, 0.2) is 5.16 Å². The molecule has 0 amide bonds. The fraction of sp³-hybridized carbons (Fsp3) is 0.900. The highest BCUT2D eigenvalue weighted by Crippen LogP contribution is 2.14. The van der Waals surface area contributed by atoms with Gasteiger partial charge in [0.2, 0.25) is 5.16 Å². The third kappa shape index (κ3) is 4.94. The largest absolute Gasteiger partial charge is 0.313 e. The molecule has 5 nitrogen and oxygen atoms in total. The maximum Gasteiger partial charge on any atom is 0.209 e. The van der Waals surface area contributed by atoms with Gasteiger partial charge in [0.25, 0.3) is 0 Å². The third-order valence-corrected chi connectivity index (χ3v) is 3.15. The normalized spacial score (nSPS) is 11.2. The van der Waals surface area contributed by atoms with Gasteiger partial charge in [-0.2, -0.15) is 0 Å². The van der Waals surface area contributed by atoms with Crippen molar-refractivity contribution in [3.05, 3.63) is 0 Å². The van der Waals surface area contributed by atoms with Gasteiger partial charge in [-0.3, -0.25) is 0 Å². The number of hydrogen-bond donors (Lipinski definition) is 1. The topological polar surface area (TPSA) is 55.6 Å². The average Bonchev–Trinajstić information content (AvgIpc) is 2.66. The molecule has 0 fully saturated rings. The quantitative estimate of drug-likeness (QED) is 0.555. The van der Waals surface area contributed by atoms with Crippen molar-refractivity contribution in [3.63, 3.8) is 0 Å². The Labute approximate surface area is 101 Å². The van der Waals surface area contributed by atoms with Crippen LogP contribution in [0.1, 0.15) is 33.6 Å². The van der Waals surface area contributed by atoms with E-state index in [-0.39, 0.29) is 0 Å². The first kappa shape index (κ1) is 13.4. The van der Waals surface area contributed by atoms with Gasteiger partial charge in [-0.25, -0.2) is 4.68 Å². The summed E-state index contributed by atoms with van der Waals surface area (Å²) in [4.78, 5) is 0. The number of unbranched alkanes of at least 4 members (excludes halogenated alkanes) is 1. The molecule has 1 aromatic rings. The van der Waals surface area contributed by atoms with E-state index in [1.165, 1.54) is 12.8 Å². The van der Waals surface area contributed by atoms with Crippen molar-refractivity contribution in [2.75, 3.05) is 12.3 Å². The summed E-state index contributed by atoms with van der Waals surface area (Å²) in [6.45, 7) is 8.20. The van der Waals surface area contributed by atoms with Crippen LogP contribution < -0.4 is 5.32 Å². The number of aromatic nitrogens is 4. The smallest absolute Gasteiger partial charge is 0.209 e. The van der Waals surface area contributed by atoms with Crippen LogP contribution in [0.25, 0.3) is 0 Å². The lowest BCUT2D eigenvalue weighted by atomic mass is 10.4. The van der Waals surface area contributed by atoms with Gasteiger partial charge in [0.1, 0.15) is 0 Å². The van der Waals surface area contributed by atoms with Crippen molar-refractivity contribution in [2.45, 2.75) is 51.4 Å². The second-order valence-corrected chi connectivity index (χ2v) is 5.06. The lowest BCUT2D eigenvalue weighted by Crippen LogP contribution is -2.27. The number of thioether (sulfide) groups is 1. The number of nitrogens with zero attached hydrogens (tertiary/aromatic N) is 4. The van der Waals surface area contributed by atoms with Crippen molar-refractivity contribution in [3.8, 4) is 0 Å². The molecular weight excluding hydrogens is 222 g/mol. The molecule has 0 atom stereocenters. The number of tetrazole rings is 1.